The first kappa shape index (κ1) is 18.1. The summed E-state index contributed by atoms with van der Waals surface area (Å²) < 4.78 is 38.5. The highest BCUT2D eigenvalue weighted by molar-refractivity contribution is 6.31. The highest BCUT2D eigenvalue weighted by Gasteiger charge is 2.32. The second-order valence-corrected chi connectivity index (χ2v) is 5.50. The average Bonchev–Trinajstić information content (AvgIpc) is 2.53. The van der Waals surface area contributed by atoms with E-state index in [9.17, 15) is 18.0 Å². The van der Waals surface area contributed by atoms with Crippen LogP contribution in [0, 0.1) is 0 Å². The van der Waals surface area contributed by atoms with E-state index >= 15 is 0 Å². The van der Waals surface area contributed by atoms with Crippen LogP contribution in [0.2, 0.25) is 5.02 Å². The quantitative estimate of drug-likeness (QED) is 0.801. The van der Waals surface area contributed by atoms with Crippen molar-refractivity contribution < 1.29 is 18.0 Å². The third kappa shape index (κ3) is 5.16. The molecule has 3 nitrogen and oxygen atoms in total. The summed E-state index contributed by atoms with van der Waals surface area (Å²) in [5.74, 6) is -0.271. The van der Waals surface area contributed by atoms with Gasteiger partial charge in [0.05, 0.1) is 5.56 Å². The van der Waals surface area contributed by atoms with Crippen molar-refractivity contribution in [2.75, 3.05) is 11.9 Å². The second-order valence-electron chi connectivity index (χ2n) is 5.09. The van der Waals surface area contributed by atoms with Gasteiger partial charge in [-0.15, -0.1) is 0 Å². The topological polar surface area (TPSA) is 41.1 Å². The van der Waals surface area contributed by atoms with Gasteiger partial charge >= 0.3 is 6.18 Å². The van der Waals surface area contributed by atoms with E-state index in [0.29, 0.717) is 5.02 Å². The Kier molecular flexibility index (Phi) is 6.09. The van der Waals surface area contributed by atoms with Gasteiger partial charge in [0.2, 0.25) is 5.91 Å². The Morgan fingerprint density at radius 2 is 1.71 bits per heavy atom. The number of alkyl halides is 3. The minimum atomic E-state index is -4.43. The predicted molar refractivity (Wildman–Crippen MR) is 87.8 cm³/mol. The number of amides is 1. The van der Waals surface area contributed by atoms with Gasteiger partial charge in [-0.1, -0.05) is 41.9 Å². The molecule has 0 fully saturated rings. The van der Waals surface area contributed by atoms with E-state index in [1.165, 1.54) is 18.2 Å². The maximum atomic E-state index is 12.8. The molecular formula is C17H16ClF3N2O. The van der Waals surface area contributed by atoms with Gasteiger partial charge in [0.15, 0.2) is 0 Å². The number of carbonyl (C=O) groups excluding carboxylic acids is 1. The molecule has 0 saturated heterocycles. The van der Waals surface area contributed by atoms with Gasteiger partial charge in [0.25, 0.3) is 0 Å². The minimum Gasteiger partial charge on any atom is -0.384 e. The third-order valence-corrected chi connectivity index (χ3v) is 3.70. The van der Waals surface area contributed by atoms with E-state index in [1.807, 2.05) is 6.07 Å². The van der Waals surface area contributed by atoms with E-state index in [1.54, 1.807) is 18.2 Å². The molecule has 0 aromatic heterocycles. The van der Waals surface area contributed by atoms with E-state index in [0.717, 1.165) is 11.6 Å². The Morgan fingerprint density at radius 1 is 1.04 bits per heavy atom. The number of para-hydroxylation sites is 1. The molecule has 2 N–H and O–H groups in total. The number of benzene rings is 2. The Morgan fingerprint density at radius 3 is 2.42 bits per heavy atom. The highest BCUT2D eigenvalue weighted by Crippen LogP contribution is 2.34. The molecule has 0 saturated carbocycles. The van der Waals surface area contributed by atoms with Crippen molar-refractivity contribution in [3.05, 3.63) is 64.7 Å². The van der Waals surface area contributed by atoms with Crippen LogP contribution in [0.3, 0.4) is 0 Å². The summed E-state index contributed by atoms with van der Waals surface area (Å²) in [5, 5.41) is 5.89. The lowest BCUT2D eigenvalue weighted by atomic mass is 10.1. The molecule has 0 aliphatic carbocycles. The summed E-state index contributed by atoms with van der Waals surface area (Å²) in [4.78, 5) is 11.8. The standard InChI is InChI=1S/C17H16ClF3N2O/c18-14-7-3-1-5-12(14)11-23-16(24)9-10-22-15-8-4-2-6-13(15)17(19,20)21/h1-8,22H,9-11H2,(H,23,24). The lowest BCUT2D eigenvalue weighted by Crippen LogP contribution is -2.25. The summed E-state index contributed by atoms with van der Waals surface area (Å²) in [7, 11) is 0. The van der Waals surface area contributed by atoms with Crippen LogP contribution in [-0.2, 0) is 17.5 Å². The molecule has 0 atom stereocenters. The normalized spacial score (nSPS) is 11.2. The number of halogens is 4. The van der Waals surface area contributed by atoms with Gasteiger partial charge in [-0.25, -0.2) is 0 Å². The fourth-order valence-corrected chi connectivity index (χ4v) is 2.32. The largest absolute Gasteiger partial charge is 0.418 e. The summed E-state index contributed by atoms with van der Waals surface area (Å²) >= 11 is 5.98. The first-order valence-corrected chi connectivity index (χ1v) is 7.66. The second kappa shape index (κ2) is 8.06. The zero-order valence-electron chi connectivity index (χ0n) is 12.7. The molecule has 7 heteroatoms. The highest BCUT2D eigenvalue weighted by atomic mass is 35.5. The lowest BCUT2D eigenvalue weighted by molar-refractivity contribution is -0.137. The van der Waals surface area contributed by atoms with Crippen molar-refractivity contribution >= 4 is 23.2 Å². The van der Waals surface area contributed by atoms with E-state index in [-0.39, 0.29) is 31.1 Å². The number of nitrogens with one attached hydrogen (secondary N) is 2. The number of rotatable bonds is 6. The Hall–Kier alpha value is -2.21. The van der Waals surface area contributed by atoms with Gasteiger partial charge in [-0.05, 0) is 23.8 Å². The molecule has 0 radical (unpaired) electrons. The molecule has 2 rings (SSSR count). The van der Waals surface area contributed by atoms with Crippen LogP contribution in [0.25, 0.3) is 0 Å². The van der Waals surface area contributed by atoms with Crippen LogP contribution in [-0.4, -0.2) is 12.5 Å². The van der Waals surface area contributed by atoms with Crippen LogP contribution in [0.15, 0.2) is 48.5 Å². The molecule has 0 heterocycles. The van der Waals surface area contributed by atoms with Crippen LogP contribution in [0.4, 0.5) is 18.9 Å². The van der Waals surface area contributed by atoms with Gasteiger partial charge in [0.1, 0.15) is 0 Å². The van der Waals surface area contributed by atoms with Crippen LogP contribution < -0.4 is 10.6 Å². The minimum absolute atomic E-state index is 0.0381. The summed E-state index contributed by atoms with van der Waals surface area (Å²) in [6.45, 7) is 0.374. The van der Waals surface area contributed by atoms with Crippen LogP contribution in [0.5, 0.6) is 0 Å². The van der Waals surface area contributed by atoms with Gasteiger partial charge in [-0.3, -0.25) is 4.79 Å². The Bertz CT molecular complexity index is 704. The molecular weight excluding hydrogens is 341 g/mol. The molecule has 1 amide bonds. The molecule has 0 spiro atoms. The molecule has 2 aromatic carbocycles. The maximum Gasteiger partial charge on any atom is 0.418 e. The first-order valence-electron chi connectivity index (χ1n) is 7.28. The van der Waals surface area contributed by atoms with E-state index in [2.05, 4.69) is 10.6 Å². The van der Waals surface area contributed by atoms with Gasteiger partial charge in [-0.2, -0.15) is 13.2 Å². The van der Waals surface area contributed by atoms with Crippen LogP contribution >= 0.6 is 11.6 Å². The molecule has 0 unspecified atom stereocenters. The van der Waals surface area contributed by atoms with Crippen molar-refractivity contribution in [3.8, 4) is 0 Å². The van der Waals surface area contributed by atoms with Crippen molar-refractivity contribution in [2.24, 2.45) is 0 Å². The molecule has 0 aliphatic heterocycles. The van der Waals surface area contributed by atoms with Crippen molar-refractivity contribution in [2.45, 2.75) is 19.1 Å². The lowest BCUT2D eigenvalue weighted by Gasteiger charge is -2.14. The molecule has 0 aliphatic rings. The average molecular weight is 357 g/mol. The summed E-state index contributed by atoms with van der Waals surface area (Å²) in [5.41, 5.74) is -0.00623. The molecule has 128 valence electrons. The summed E-state index contributed by atoms with van der Waals surface area (Å²) in [6, 6.07) is 12.3. The molecule has 0 bridgehead atoms. The monoisotopic (exact) mass is 356 g/mol. The van der Waals surface area contributed by atoms with E-state index in [4.69, 9.17) is 11.6 Å². The first-order chi connectivity index (χ1) is 11.4. The predicted octanol–water partition coefficient (Wildman–Crippen LogP) is 4.48. The molecule has 2 aromatic rings. The van der Waals surface area contributed by atoms with Crippen molar-refractivity contribution in [1.82, 2.24) is 5.32 Å². The molecule has 24 heavy (non-hydrogen) atoms. The van der Waals surface area contributed by atoms with Crippen molar-refractivity contribution in [1.29, 1.82) is 0 Å². The third-order valence-electron chi connectivity index (χ3n) is 3.33. The number of carbonyl (C=O) groups is 1. The maximum absolute atomic E-state index is 12.8. The van der Waals surface area contributed by atoms with Crippen molar-refractivity contribution in [3.63, 3.8) is 0 Å². The van der Waals surface area contributed by atoms with Crippen LogP contribution in [0.1, 0.15) is 17.5 Å². The number of anilines is 1. The van der Waals surface area contributed by atoms with Gasteiger partial charge < -0.3 is 10.6 Å². The number of hydrogen-bond donors (Lipinski definition) is 2. The van der Waals surface area contributed by atoms with E-state index < -0.39 is 11.7 Å². The number of hydrogen-bond acceptors (Lipinski definition) is 2. The smallest absolute Gasteiger partial charge is 0.384 e. The Balaban J connectivity index is 1.82. The Labute approximate surface area is 142 Å². The fraction of sp³-hybridized carbons (Fsp3) is 0.235. The van der Waals surface area contributed by atoms with Gasteiger partial charge in [0, 0.05) is 30.2 Å². The zero-order chi connectivity index (χ0) is 17.6. The fourth-order valence-electron chi connectivity index (χ4n) is 2.12. The zero-order valence-corrected chi connectivity index (χ0v) is 13.4. The SMILES string of the molecule is O=C(CCNc1ccccc1C(F)(F)F)NCc1ccccc1Cl. The summed E-state index contributed by atoms with van der Waals surface area (Å²) in [6.07, 6.45) is -4.38.